The molecule has 0 bridgehead atoms. The maximum absolute atomic E-state index is 8.95. The lowest BCUT2D eigenvalue weighted by atomic mass is 10.1. The highest BCUT2D eigenvalue weighted by Gasteiger charge is 2.26. The summed E-state index contributed by atoms with van der Waals surface area (Å²) in [6, 6.07) is 2.04. The Bertz CT molecular complexity index is 522. The molecule has 5 nitrogen and oxygen atoms in total. The van der Waals surface area contributed by atoms with Gasteiger partial charge in [0, 0.05) is 19.3 Å². The summed E-state index contributed by atoms with van der Waals surface area (Å²) < 4.78 is 0. The van der Waals surface area contributed by atoms with Crippen molar-refractivity contribution in [2.45, 2.75) is 32.1 Å². The van der Waals surface area contributed by atoms with Crippen LogP contribution in [0, 0.1) is 5.92 Å². The van der Waals surface area contributed by atoms with E-state index in [0.717, 1.165) is 43.1 Å². The Labute approximate surface area is 113 Å². The molecule has 1 aromatic rings. The first-order valence-corrected chi connectivity index (χ1v) is 6.91. The van der Waals surface area contributed by atoms with Gasteiger partial charge in [-0.2, -0.15) is 0 Å². The molecule has 1 heterocycles. The Morgan fingerprint density at radius 2 is 2.32 bits per heavy atom. The van der Waals surface area contributed by atoms with Crippen LogP contribution >= 0.6 is 0 Å². The molecule has 0 atom stereocenters. The number of aryl methyl sites for hydroxylation is 2. The van der Waals surface area contributed by atoms with Crippen molar-refractivity contribution in [1.82, 2.24) is 4.98 Å². The minimum Gasteiger partial charge on any atom is -0.409 e. The van der Waals surface area contributed by atoms with E-state index in [1.807, 2.05) is 13.1 Å². The molecule has 0 aliphatic heterocycles. The quantitative estimate of drug-likeness (QED) is 0.372. The molecule has 1 saturated carbocycles. The Kier molecular flexibility index (Phi) is 3.05. The van der Waals surface area contributed by atoms with Crippen LogP contribution in [0.2, 0.25) is 0 Å². The van der Waals surface area contributed by atoms with Crippen molar-refractivity contribution >= 4 is 11.7 Å². The minimum absolute atomic E-state index is 0.153. The molecule has 5 heteroatoms. The molecular formula is C14H20N4O. The van der Waals surface area contributed by atoms with Gasteiger partial charge in [-0.05, 0) is 49.7 Å². The van der Waals surface area contributed by atoms with E-state index in [2.05, 4.69) is 10.1 Å². The minimum atomic E-state index is 0.153. The molecule has 2 aliphatic rings. The summed E-state index contributed by atoms with van der Waals surface area (Å²) in [6.45, 7) is 0.998. The van der Waals surface area contributed by atoms with Crippen LogP contribution in [0.3, 0.4) is 0 Å². The van der Waals surface area contributed by atoms with E-state index >= 15 is 0 Å². The molecule has 3 N–H and O–H groups in total. The van der Waals surface area contributed by atoms with Crippen LogP contribution < -0.4 is 10.6 Å². The van der Waals surface area contributed by atoms with E-state index in [1.165, 1.54) is 24.1 Å². The number of anilines is 1. The van der Waals surface area contributed by atoms with E-state index in [0.29, 0.717) is 0 Å². The summed E-state index contributed by atoms with van der Waals surface area (Å²) in [7, 11) is 2.04. The summed E-state index contributed by atoms with van der Waals surface area (Å²) in [5, 5.41) is 12.1. The number of nitrogens with two attached hydrogens (primary N) is 1. The van der Waals surface area contributed by atoms with Gasteiger partial charge in [0.2, 0.25) is 0 Å². The monoisotopic (exact) mass is 260 g/mol. The van der Waals surface area contributed by atoms with Gasteiger partial charge >= 0.3 is 0 Å². The molecule has 0 spiro atoms. The van der Waals surface area contributed by atoms with E-state index in [-0.39, 0.29) is 5.84 Å². The predicted molar refractivity (Wildman–Crippen MR) is 74.8 cm³/mol. The van der Waals surface area contributed by atoms with Crippen LogP contribution in [0.25, 0.3) is 0 Å². The van der Waals surface area contributed by atoms with Gasteiger partial charge in [0.25, 0.3) is 0 Å². The smallest absolute Gasteiger partial charge is 0.173 e. The van der Waals surface area contributed by atoms with Crippen LogP contribution in [-0.2, 0) is 12.8 Å². The molecule has 102 valence electrons. The van der Waals surface area contributed by atoms with Crippen molar-refractivity contribution in [1.29, 1.82) is 0 Å². The Hall–Kier alpha value is -1.78. The van der Waals surface area contributed by atoms with Crippen LogP contribution in [-0.4, -0.2) is 29.6 Å². The van der Waals surface area contributed by atoms with Gasteiger partial charge in [-0.15, -0.1) is 0 Å². The van der Waals surface area contributed by atoms with Gasteiger partial charge in [-0.25, -0.2) is 4.98 Å². The van der Waals surface area contributed by atoms with E-state index < -0.39 is 0 Å². The topological polar surface area (TPSA) is 74.7 Å². The van der Waals surface area contributed by atoms with Crippen molar-refractivity contribution in [3.05, 3.63) is 22.9 Å². The summed E-state index contributed by atoms with van der Waals surface area (Å²) >= 11 is 0. The molecule has 0 amide bonds. The zero-order valence-electron chi connectivity index (χ0n) is 11.3. The fraction of sp³-hybridized carbons (Fsp3) is 0.571. The van der Waals surface area contributed by atoms with Gasteiger partial charge in [0.1, 0.15) is 5.82 Å². The largest absolute Gasteiger partial charge is 0.409 e. The lowest BCUT2D eigenvalue weighted by Gasteiger charge is -2.21. The first-order valence-electron chi connectivity index (χ1n) is 6.91. The van der Waals surface area contributed by atoms with Gasteiger partial charge in [0.15, 0.2) is 5.84 Å². The third-order valence-electron chi connectivity index (χ3n) is 4.00. The highest BCUT2D eigenvalue weighted by molar-refractivity contribution is 6.01. The lowest BCUT2D eigenvalue weighted by Crippen LogP contribution is -2.26. The Morgan fingerprint density at radius 1 is 1.53 bits per heavy atom. The summed E-state index contributed by atoms with van der Waals surface area (Å²) in [6.07, 6.45) is 5.83. The first-order chi connectivity index (χ1) is 9.19. The van der Waals surface area contributed by atoms with Crippen molar-refractivity contribution in [2.75, 3.05) is 18.5 Å². The number of amidine groups is 1. The van der Waals surface area contributed by atoms with Gasteiger partial charge < -0.3 is 15.8 Å². The van der Waals surface area contributed by atoms with Gasteiger partial charge in [-0.1, -0.05) is 5.16 Å². The molecule has 3 rings (SSSR count). The van der Waals surface area contributed by atoms with Crippen LogP contribution in [0.5, 0.6) is 0 Å². The summed E-state index contributed by atoms with van der Waals surface area (Å²) in [5.74, 6) is 1.78. The maximum atomic E-state index is 8.95. The summed E-state index contributed by atoms with van der Waals surface area (Å²) in [5.41, 5.74) is 8.98. The maximum Gasteiger partial charge on any atom is 0.173 e. The number of hydrogen-bond acceptors (Lipinski definition) is 4. The molecule has 0 radical (unpaired) electrons. The molecule has 19 heavy (non-hydrogen) atoms. The first kappa shape index (κ1) is 12.3. The average Bonchev–Trinajstić information content (AvgIpc) is 3.11. The molecule has 1 fully saturated rings. The molecule has 1 aromatic heterocycles. The Morgan fingerprint density at radius 3 is 3.00 bits per heavy atom. The number of oxime groups is 1. The average molecular weight is 260 g/mol. The van der Waals surface area contributed by atoms with Gasteiger partial charge in [0.05, 0.1) is 5.56 Å². The van der Waals surface area contributed by atoms with Crippen molar-refractivity contribution in [2.24, 2.45) is 16.8 Å². The molecular weight excluding hydrogens is 240 g/mol. The third kappa shape index (κ3) is 2.37. The Balaban J connectivity index is 1.99. The number of aromatic nitrogens is 1. The van der Waals surface area contributed by atoms with Crippen LogP contribution in [0.4, 0.5) is 5.82 Å². The number of rotatable bonds is 4. The normalized spacial score (nSPS) is 18.5. The van der Waals surface area contributed by atoms with E-state index in [9.17, 15) is 0 Å². The number of hydrogen-bond donors (Lipinski definition) is 2. The molecule has 2 aliphatic carbocycles. The number of pyridine rings is 1. The summed E-state index contributed by atoms with van der Waals surface area (Å²) in [4.78, 5) is 6.90. The second-order valence-electron chi connectivity index (χ2n) is 5.63. The highest BCUT2D eigenvalue weighted by Crippen LogP contribution is 2.32. The predicted octanol–water partition coefficient (Wildman–Crippen LogP) is 1.51. The van der Waals surface area contributed by atoms with Crippen LogP contribution in [0.1, 0.15) is 36.1 Å². The number of nitrogens with zero attached hydrogens (tertiary/aromatic N) is 3. The zero-order chi connectivity index (χ0) is 13.4. The number of fused-ring (bicyclic) bond motifs is 1. The molecule has 0 aromatic carbocycles. The van der Waals surface area contributed by atoms with Crippen molar-refractivity contribution in [3.8, 4) is 0 Å². The highest BCUT2D eigenvalue weighted by atomic mass is 16.4. The van der Waals surface area contributed by atoms with E-state index in [1.54, 1.807) is 0 Å². The lowest BCUT2D eigenvalue weighted by molar-refractivity contribution is 0.318. The molecule has 0 saturated heterocycles. The SMILES string of the molecule is CN(CC1CC1)c1nc2c(cc1C(N)=NO)CCC2. The van der Waals surface area contributed by atoms with Crippen molar-refractivity contribution < 1.29 is 5.21 Å². The van der Waals surface area contributed by atoms with Crippen molar-refractivity contribution in [3.63, 3.8) is 0 Å². The molecule has 0 unspecified atom stereocenters. The third-order valence-corrected chi connectivity index (χ3v) is 4.00. The van der Waals surface area contributed by atoms with Crippen LogP contribution in [0.15, 0.2) is 11.2 Å². The second kappa shape index (κ2) is 4.72. The standard InChI is InChI=1S/C14H20N4O/c1-18(8-9-5-6-9)14-11(13(15)17-19)7-10-3-2-4-12(10)16-14/h7,9,19H,2-6,8H2,1H3,(H2,15,17). The second-order valence-corrected chi connectivity index (χ2v) is 5.63. The fourth-order valence-electron chi connectivity index (χ4n) is 2.77. The zero-order valence-corrected chi connectivity index (χ0v) is 11.3. The fourth-order valence-corrected chi connectivity index (χ4v) is 2.77. The van der Waals surface area contributed by atoms with E-state index in [4.69, 9.17) is 15.9 Å². The van der Waals surface area contributed by atoms with Gasteiger partial charge in [-0.3, -0.25) is 0 Å².